The predicted octanol–water partition coefficient (Wildman–Crippen LogP) is 3.22. The summed E-state index contributed by atoms with van der Waals surface area (Å²) in [6.45, 7) is 0. The number of esters is 2. The van der Waals surface area contributed by atoms with Crippen molar-refractivity contribution in [2.24, 2.45) is 5.41 Å². The van der Waals surface area contributed by atoms with E-state index in [0.29, 0.717) is 0 Å². The molecule has 0 aromatic heterocycles. The fraction of sp³-hybridized carbons (Fsp3) is 0.300. The second-order valence-electron chi connectivity index (χ2n) is 5.98. The molecule has 0 amide bonds. The molecular formula is C20H20O5. The molecule has 1 aliphatic rings. The van der Waals surface area contributed by atoms with E-state index >= 15 is 0 Å². The Labute approximate surface area is 146 Å². The van der Waals surface area contributed by atoms with Crippen molar-refractivity contribution in [1.29, 1.82) is 0 Å². The lowest BCUT2D eigenvalue weighted by molar-refractivity contribution is -0.173. The fourth-order valence-electron chi connectivity index (χ4n) is 3.41. The molecule has 2 atom stereocenters. The molecular weight excluding hydrogens is 320 g/mol. The van der Waals surface area contributed by atoms with Gasteiger partial charge in [0.1, 0.15) is 6.10 Å². The molecule has 2 aromatic carbocycles. The van der Waals surface area contributed by atoms with Crippen molar-refractivity contribution >= 4 is 11.9 Å². The van der Waals surface area contributed by atoms with Gasteiger partial charge >= 0.3 is 11.9 Å². The zero-order valence-electron chi connectivity index (χ0n) is 14.2. The van der Waals surface area contributed by atoms with Crippen molar-refractivity contribution in [3.05, 3.63) is 71.8 Å². The van der Waals surface area contributed by atoms with Gasteiger partial charge in [-0.15, -0.1) is 0 Å². The van der Waals surface area contributed by atoms with Gasteiger partial charge in [0.05, 0.1) is 20.3 Å². The van der Waals surface area contributed by atoms with E-state index < -0.39 is 29.6 Å². The highest BCUT2D eigenvalue weighted by atomic mass is 16.6. The molecule has 0 saturated carbocycles. The molecule has 1 fully saturated rings. The van der Waals surface area contributed by atoms with Gasteiger partial charge in [-0.3, -0.25) is 9.59 Å². The molecule has 1 saturated heterocycles. The molecule has 25 heavy (non-hydrogen) atoms. The third-order valence-corrected chi connectivity index (χ3v) is 4.63. The largest absolute Gasteiger partial charge is 0.468 e. The average molecular weight is 340 g/mol. The van der Waals surface area contributed by atoms with Gasteiger partial charge in [0.25, 0.3) is 0 Å². The first kappa shape index (κ1) is 17.2. The Morgan fingerprint density at radius 3 is 1.84 bits per heavy atom. The van der Waals surface area contributed by atoms with Crippen LogP contribution in [-0.2, 0) is 23.8 Å². The third kappa shape index (κ3) is 2.91. The van der Waals surface area contributed by atoms with Crippen LogP contribution in [0.2, 0.25) is 0 Å². The van der Waals surface area contributed by atoms with Gasteiger partial charge in [-0.25, -0.2) is 0 Å². The lowest BCUT2D eigenvalue weighted by Crippen LogP contribution is -2.43. The van der Waals surface area contributed by atoms with Crippen LogP contribution in [0, 0.1) is 5.41 Å². The fourth-order valence-corrected chi connectivity index (χ4v) is 3.41. The molecule has 5 nitrogen and oxygen atoms in total. The van der Waals surface area contributed by atoms with Crippen molar-refractivity contribution < 1.29 is 23.8 Å². The quantitative estimate of drug-likeness (QED) is 0.632. The second kappa shape index (κ2) is 7.07. The Kier molecular flexibility index (Phi) is 4.86. The van der Waals surface area contributed by atoms with Gasteiger partial charge in [0.2, 0.25) is 0 Å². The van der Waals surface area contributed by atoms with Crippen LogP contribution in [0.3, 0.4) is 0 Å². The van der Waals surface area contributed by atoms with Crippen LogP contribution in [-0.4, -0.2) is 26.2 Å². The first-order valence-electron chi connectivity index (χ1n) is 8.05. The van der Waals surface area contributed by atoms with Gasteiger partial charge in [0, 0.05) is 6.42 Å². The summed E-state index contributed by atoms with van der Waals surface area (Å²) in [6.07, 6.45) is -1.03. The van der Waals surface area contributed by atoms with E-state index in [-0.39, 0.29) is 6.42 Å². The number of hydrogen-bond donors (Lipinski definition) is 0. The maximum atomic E-state index is 12.7. The molecule has 130 valence electrons. The van der Waals surface area contributed by atoms with Crippen molar-refractivity contribution in [2.75, 3.05) is 14.2 Å². The molecule has 0 N–H and O–H groups in total. The Morgan fingerprint density at radius 1 is 0.880 bits per heavy atom. The maximum Gasteiger partial charge on any atom is 0.326 e. The van der Waals surface area contributed by atoms with Gasteiger partial charge in [0.15, 0.2) is 5.41 Å². The summed E-state index contributed by atoms with van der Waals surface area (Å²) < 4.78 is 16.1. The van der Waals surface area contributed by atoms with Gasteiger partial charge in [-0.1, -0.05) is 60.7 Å². The molecule has 0 radical (unpaired) electrons. The van der Waals surface area contributed by atoms with Gasteiger partial charge < -0.3 is 14.2 Å². The zero-order chi connectivity index (χ0) is 17.9. The first-order valence-corrected chi connectivity index (χ1v) is 8.05. The van der Waals surface area contributed by atoms with Crippen molar-refractivity contribution in [1.82, 2.24) is 0 Å². The summed E-state index contributed by atoms with van der Waals surface area (Å²) in [5.41, 5.74) is 0.0978. The van der Waals surface area contributed by atoms with E-state index in [1.165, 1.54) is 14.2 Å². The molecule has 0 aliphatic carbocycles. The minimum absolute atomic E-state index is 0.163. The van der Waals surface area contributed by atoms with Crippen LogP contribution in [0.5, 0.6) is 0 Å². The standard InChI is InChI=1S/C20H20O5/c1-23-18(21)20(19(22)24-2)13-16(14-9-5-3-6-10-14)25-17(20)15-11-7-4-8-12-15/h3-12,16-17H,13H2,1-2H3/t16-,17-/m1/s1. The molecule has 0 unspecified atom stereocenters. The number of methoxy groups -OCH3 is 2. The Hall–Kier alpha value is -2.66. The number of rotatable bonds is 4. The normalized spacial score (nSPS) is 21.5. The Balaban J connectivity index is 2.10. The molecule has 0 spiro atoms. The smallest absolute Gasteiger partial charge is 0.326 e. The number of carbonyl (C=O) groups is 2. The molecule has 2 aromatic rings. The molecule has 1 heterocycles. The minimum Gasteiger partial charge on any atom is -0.468 e. The summed E-state index contributed by atoms with van der Waals surface area (Å²) in [7, 11) is 2.54. The summed E-state index contributed by atoms with van der Waals surface area (Å²) in [5, 5.41) is 0. The Bertz CT molecular complexity index is 725. The van der Waals surface area contributed by atoms with Crippen LogP contribution in [0.4, 0.5) is 0 Å². The third-order valence-electron chi connectivity index (χ3n) is 4.63. The van der Waals surface area contributed by atoms with E-state index in [1.54, 1.807) is 0 Å². The van der Waals surface area contributed by atoms with Gasteiger partial charge in [-0.05, 0) is 11.1 Å². The van der Waals surface area contributed by atoms with Crippen LogP contribution in [0.15, 0.2) is 60.7 Å². The lowest BCUT2D eigenvalue weighted by atomic mass is 9.76. The monoisotopic (exact) mass is 340 g/mol. The maximum absolute atomic E-state index is 12.7. The average Bonchev–Trinajstić information content (AvgIpc) is 3.10. The van der Waals surface area contributed by atoms with Crippen LogP contribution < -0.4 is 0 Å². The topological polar surface area (TPSA) is 61.8 Å². The predicted molar refractivity (Wildman–Crippen MR) is 90.5 cm³/mol. The lowest BCUT2D eigenvalue weighted by Gasteiger charge is -2.28. The minimum atomic E-state index is -1.54. The molecule has 1 aliphatic heterocycles. The highest BCUT2D eigenvalue weighted by Crippen LogP contribution is 2.54. The van der Waals surface area contributed by atoms with E-state index in [2.05, 4.69) is 0 Å². The summed E-state index contributed by atoms with van der Waals surface area (Å²) in [6, 6.07) is 18.7. The van der Waals surface area contributed by atoms with Crippen molar-refractivity contribution in [2.45, 2.75) is 18.6 Å². The van der Waals surface area contributed by atoms with Crippen LogP contribution >= 0.6 is 0 Å². The second-order valence-corrected chi connectivity index (χ2v) is 5.98. The first-order chi connectivity index (χ1) is 12.1. The summed E-state index contributed by atoms with van der Waals surface area (Å²) in [4.78, 5) is 25.4. The van der Waals surface area contributed by atoms with E-state index in [0.717, 1.165) is 11.1 Å². The SMILES string of the molecule is COC(=O)C1(C(=O)OC)C[C@H](c2ccccc2)O[C@@H]1c1ccccc1. The van der Waals surface area contributed by atoms with Crippen LogP contribution in [0.1, 0.15) is 29.8 Å². The number of benzene rings is 2. The summed E-state index contributed by atoms with van der Waals surface area (Å²) in [5.74, 6) is -1.29. The highest BCUT2D eigenvalue weighted by molar-refractivity contribution is 6.01. The molecule has 0 bridgehead atoms. The zero-order valence-corrected chi connectivity index (χ0v) is 14.2. The van der Waals surface area contributed by atoms with E-state index in [1.807, 2.05) is 60.7 Å². The number of ether oxygens (including phenoxy) is 3. The molecule has 5 heteroatoms. The number of hydrogen-bond acceptors (Lipinski definition) is 5. The highest BCUT2D eigenvalue weighted by Gasteiger charge is 2.62. The Morgan fingerprint density at radius 2 is 1.36 bits per heavy atom. The summed E-state index contributed by atoms with van der Waals surface area (Å²) >= 11 is 0. The van der Waals surface area contributed by atoms with Crippen molar-refractivity contribution in [3.8, 4) is 0 Å². The van der Waals surface area contributed by atoms with Gasteiger partial charge in [-0.2, -0.15) is 0 Å². The number of carbonyl (C=O) groups excluding carboxylic acids is 2. The molecule has 3 rings (SSSR count). The van der Waals surface area contributed by atoms with E-state index in [4.69, 9.17) is 14.2 Å². The van der Waals surface area contributed by atoms with E-state index in [9.17, 15) is 9.59 Å². The van der Waals surface area contributed by atoms with Crippen LogP contribution in [0.25, 0.3) is 0 Å². The van der Waals surface area contributed by atoms with Crippen molar-refractivity contribution in [3.63, 3.8) is 0 Å².